The monoisotopic (exact) mass is 318 g/mol. The Kier molecular flexibility index (Phi) is 3.45. The van der Waals surface area contributed by atoms with Crippen LogP contribution in [0, 0.1) is 6.92 Å². The maximum absolute atomic E-state index is 12.9. The van der Waals surface area contributed by atoms with Crippen molar-refractivity contribution in [1.82, 2.24) is 9.47 Å². The van der Waals surface area contributed by atoms with E-state index < -0.39 is 0 Å². The number of hydrogen-bond donors (Lipinski definition) is 0. The third-order valence-corrected chi connectivity index (χ3v) is 5.24. The van der Waals surface area contributed by atoms with Gasteiger partial charge in [0, 0.05) is 41.3 Å². The van der Waals surface area contributed by atoms with Crippen LogP contribution in [-0.4, -0.2) is 21.9 Å². The predicted octanol–water partition coefficient (Wildman–Crippen LogP) is 4.44. The molecule has 2 aromatic carbocycles. The third kappa shape index (κ3) is 1.94. The molecule has 0 spiro atoms. The molecule has 0 saturated carbocycles. The van der Waals surface area contributed by atoms with Crippen molar-refractivity contribution in [2.45, 2.75) is 26.3 Å². The minimum atomic E-state index is 0.0137. The van der Waals surface area contributed by atoms with Crippen molar-refractivity contribution in [2.75, 3.05) is 6.54 Å². The minimum absolute atomic E-state index is 0.0137. The highest BCUT2D eigenvalue weighted by atomic mass is 16.2. The number of aryl methyl sites for hydroxylation is 1. The standard InChI is InChI=1S/C21H22N2O/c1-4-13-23-20(15-9-5-6-10-16(15)21(23)24)19-14(2)22(3)18-12-8-7-11-17(18)19/h5-12,20H,4,13H2,1-3H3/t20-/m1/s1. The van der Waals surface area contributed by atoms with Crippen LogP contribution in [0.2, 0.25) is 0 Å². The molecule has 122 valence electrons. The second-order valence-corrected chi connectivity index (χ2v) is 6.56. The number of amides is 1. The van der Waals surface area contributed by atoms with Crippen LogP contribution in [0.1, 0.15) is 46.6 Å². The largest absolute Gasteiger partial charge is 0.348 e. The van der Waals surface area contributed by atoms with Gasteiger partial charge in [-0.1, -0.05) is 43.3 Å². The molecular weight excluding hydrogens is 296 g/mol. The van der Waals surface area contributed by atoms with Gasteiger partial charge in [-0.25, -0.2) is 0 Å². The lowest BCUT2D eigenvalue weighted by Gasteiger charge is -2.26. The van der Waals surface area contributed by atoms with E-state index in [1.165, 1.54) is 22.2 Å². The van der Waals surface area contributed by atoms with Gasteiger partial charge >= 0.3 is 0 Å². The Balaban J connectivity index is 2.01. The summed E-state index contributed by atoms with van der Waals surface area (Å²) in [6.07, 6.45) is 0.958. The zero-order valence-electron chi connectivity index (χ0n) is 14.4. The molecule has 24 heavy (non-hydrogen) atoms. The molecule has 3 heteroatoms. The molecule has 1 aromatic heterocycles. The zero-order valence-corrected chi connectivity index (χ0v) is 14.4. The van der Waals surface area contributed by atoms with E-state index in [4.69, 9.17) is 0 Å². The number of nitrogens with zero attached hydrogens (tertiary/aromatic N) is 2. The van der Waals surface area contributed by atoms with Crippen molar-refractivity contribution < 1.29 is 4.79 Å². The van der Waals surface area contributed by atoms with E-state index in [9.17, 15) is 4.79 Å². The molecule has 2 heterocycles. The summed E-state index contributed by atoms with van der Waals surface area (Å²) < 4.78 is 2.24. The Hall–Kier alpha value is -2.55. The maximum Gasteiger partial charge on any atom is 0.255 e. The van der Waals surface area contributed by atoms with Crippen molar-refractivity contribution in [3.63, 3.8) is 0 Å². The molecule has 3 aromatic rings. The number of rotatable bonds is 3. The fourth-order valence-corrected chi connectivity index (χ4v) is 4.05. The Labute approximate surface area is 142 Å². The van der Waals surface area contributed by atoms with Crippen LogP contribution < -0.4 is 0 Å². The summed E-state index contributed by atoms with van der Waals surface area (Å²) in [5.41, 5.74) is 5.70. The fraction of sp³-hybridized carbons (Fsp3) is 0.286. The first kappa shape index (κ1) is 15.0. The molecule has 0 fully saturated rings. The van der Waals surface area contributed by atoms with Crippen LogP contribution in [0.25, 0.3) is 10.9 Å². The molecule has 0 bridgehead atoms. The summed E-state index contributed by atoms with van der Waals surface area (Å²) in [5.74, 6) is 0.157. The molecule has 0 unspecified atom stereocenters. The van der Waals surface area contributed by atoms with Crippen LogP contribution >= 0.6 is 0 Å². The average Bonchev–Trinajstić information content (AvgIpc) is 3.02. The topological polar surface area (TPSA) is 25.2 Å². The van der Waals surface area contributed by atoms with Crippen molar-refractivity contribution in [2.24, 2.45) is 7.05 Å². The number of carbonyl (C=O) groups is 1. The number of carbonyl (C=O) groups excluding carboxylic acids is 1. The van der Waals surface area contributed by atoms with Crippen molar-refractivity contribution in [1.29, 1.82) is 0 Å². The predicted molar refractivity (Wildman–Crippen MR) is 97.3 cm³/mol. The summed E-state index contributed by atoms with van der Waals surface area (Å²) in [7, 11) is 2.11. The van der Waals surface area contributed by atoms with Crippen LogP contribution in [0.4, 0.5) is 0 Å². The Morgan fingerprint density at radius 1 is 1.04 bits per heavy atom. The van der Waals surface area contributed by atoms with Crippen LogP contribution in [0.3, 0.4) is 0 Å². The van der Waals surface area contributed by atoms with Gasteiger partial charge in [0.2, 0.25) is 0 Å². The number of aromatic nitrogens is 1. The molecule has 0 radical (unpaired) electrons. The molecular formula is C21H22N2O. The van der Waals surface area contributed by atoms with Gasteiger partial charge in [0.05, 0.1) is 6.04 Å². The molecule has 0 saturated heterocycles. The van der Waals surface area contributed by atoms with E-state index in [0.717, 1.165) is 24.1 Å². The average molecular weight is 318 g/mol. The van der Waals surface area contributed by atoms with Gasteiger partial charge in [-0.05, 0) is 31.0 Å². The lowest BCUT2D eigenvalue weighted by atomic mass is 9.95. The minimum Gasteiger partial charge on any atom is -0.348 e. The molecule has 0 aliphatic carbocycles. The molecule has 3 nitrogen and oxygen atoms in total. The number of fused-ring (bicyclic) bond motifs is 2. The first-order chi connectivity index (χ1) is 11.6. The van der Waals surface area contributed by atoms with Crippen molar-refractivity contribution in [3.05, 3.63) is 70.9 Å². The van der Waals surface area contributed by atoms with Gasteiger partial charge in [0.1, 0.15) is 0 Å². The Morgan fingerprint density at radius 3 is 2.54 bits per heavy atom. The highest BCUT2D eigenvalue weighted by Gasteiger charge is 2.39. The van der Waals surface area contributed by atoms with Gasteiger partial charge in [-0.3, -0.25) is 4.79 Å². The first-order valence-electron chi connectivity index (χ1n) is 8.59. The Morgan fingerprint density at radius 2 is 1.75 bits per heavy atom. The molecule has 4 rings (SSSR count). The van der Waals surface area contributed by atoms with Crippen LogP contribution in [-0.2, 0) is 7.05 Å². The molecule has 1 aliphatic heterocycles. The normalized spacial score (nSPS) is 16.9. The lowest BCUT2D eigenvalue weighted by Crippen LogP contribution is -2.29. The number of hydrogen-bond acceptors (Lipinski definition) is 1. The van der Waals surface area contributed by atoms with E-state index in [1.807, 2.05) is 23.1 Å². The van der Waals surface area contributed by atoms with E-state index in [-0.39, 0.29) is 11.9 Å². The summed E-state index contributed by atoms with van der Waals surface area (Å²) >= 11 is 0. The SMILES string of the molecule is CCCN1C(=O)c2ccccc2[C@@H]1c1c(C)n(C)c2ccccc12. The van der Waals surface area contributed by atoms with E-state index in [2.05, 4.69) is 55.8 Å². The van der Waals surface area contributed by atoms with E-state index >= 15 is 0 Å². The van der Waals surface area contributed by atoms with Crippen molar-refractivity contribution in [3.8, 4) is 0 Å². The fourth-order valence-electron chi connectivity index (χ4n) is 4.05. The lowest BCUT2D eigenvalue weighted by molar-refractivity contribution is 0.0750. The molecule has 0 N–H and O–H groups in total. The van der Waals surface area contributed by atoms with E-state index in [1.54, 1.807) is 0 Å². The second-order valence-electron chi connectivity index (χ2n) is 6.56. The van der Waals surface area contributed by atoms with Crippen LogP contribution in [0.15, 0.2) is 48.5 Å². The first-order valence-corrected chi connectivity index (χ1v) is 8.59. The van der Waals surface area contributed by atoms with E-state index in [0.29, 0.717) is 0 Å². The Bertz CT molecular complexity index is 938. The van der Waals surface area contributed by atoms with Gasteiger partial charge in [0.15, 0.2) is 0 Å². The quantitative estimate of drug-likeness (QED) is 0.701. The van der Waals surface area contributed by atoms with Gasteiger partial charge < -0.3 is 9.47 Å². The molecule has 1 aliphatic rings. The summed E-state index contributed by atoms with van der Waals surface area (Å²) in [6.45, 7) is 5.06. The van der Waals surface area contributed by atoms with Crippen LogP contribution in [0.5, 0.6) is 0 Å². The number of para-hydroxylation sites is 1. The molecule has 1 amide bonds. The van der Waals surface area contributed by atoms with Gasteiger partial charge in [-0.2, -0.15) is 0 Å². The highest BCUT2D eigenvalue weighted by Crippen LogP contribution is 2.43. The van der Waals surface area contributed by atoms with Gasteiger partial charge in [0.25, 0.3) is 5.91 Å². The summed E-state index contributed by atoms with van der Waals surface area (Å²) in [5, 5.41) is 1.24. The molecule has 1 atom stereocenters. The van der Waals surface area contributed by atoms with Crippen molar-refractivity contribution >= 4 is 16.8 Å². The zero-order chi connectivity index (χ0) is 16.8. The third-order valence-electron chi connectivity index (χ3n) is 5.24. The van der Waals surface area contributed by atoms with Gasteiger partial charge in [-0.15, -0.1) is 0 Å². The highest BCUT2D eigenvalue weighted by molar-refractivity contribution is 6.01. The number of benzene rings is 2. The maximum atomic E-state index is 12.9. The summed E-state index contributed by atoms with van der Waals surface area (Å²) in [6, 6.07) is 16.6. The smallest absolute Gasteiger partial charge is 0.255 e. The summed E-state index contributed by atoms with van der Waals surface area (Å²) in [4.78, 5) is 15.0. The second kappa shape index (κ2) is 5.52.